The molecule has 2 atom stereocenters. The average Bonchev–Trinajstić information content (AvgIpc) is 2.08. The molecule has 72 valence electrons. The van der Waals surface area contributed by atoms with Gasteiger partial charge >= 0.3 is 0 Å². The second-order valence-corrected chi connectivity index (χ2v) is 4.13. The molecule has 0 aromatic heterocycles. The van der Waals surface area contributed by atoms with Crippen molar-refractivity contribution >= 4 is 15.9 Å². The second kappa shape index (κ2) is 4.22. The van der Waals surface area contributed by atoms with Crippen molar-refractivity contribution in [3.63, 3.8) is 0 Å². The van der Waals surface area contributed by atoms with Crippen LogP contribution in [0.2, 0.25) is 0 Å². The molecule has 0 amide bonds. The molecular weight excluding hydrogens is 230 g/mol. The fourth-order valence-corrected chi connectivity index (χ4v) is 1.40. The SMILES string of the molecule is Cc1cc([C@@H](N)[C@H](C)O)ccc1Br. The van der Waals surface area contributed by atoms with Crippen molar-refractivity contribution in [1.29, 1.82) is 0 Å². The molecule has 2 nitrogen and oxygen atoms in total. The molecule has 0 aliphatic carbocycles. The molecule has 1 rings (SSSR count). The number of aryl methyl sites for hydroxylation is 1. The van der Waals surface area contributed by atoms with Crippen LogP contribution < -0.4 is 5.73 Å². The maximum absolute atomic E-state index is 9.30. The van der Waals surface area contributed by atoms with Crippen molar-refractivity contribution < 1.29 is 5.11 Å². The van der Waals surface area contributed by atoms with Crippen molar-refractivity contribution in [2.45, 2.75) is 26.0 Å². The molecule has 0 bridgehead atoms. The summed E-state index contributed by atoms with van der Waals surface area (Å²) in [5, 5.41) is 9.30. The monoisotopic (exact) mass is 243 g/mol. The van der Waals surface area contributed by atoms with Crippen LogP contribution in [0, 0.1) is 6.92 Å². The van der Waals surface area contributed by atoms with Crippen LogP contribution in [-0.4, -0.2) is 11.2 Å². The molecule has 0 saturated carbocycles. The molecular formula is C10H14BrNO. The summed E-state index contributed by atoms with van der Waals surface area (Å²) in [4.78, 5) is 0. The van der Waals surface area contributed by atoms with Gasteiger partial charge in [-0.1, -0.05) is 28.1 Å². The van der Waals surface area contributed by atoms with Gasteiger partial charge in [0.15, 0.2) is 0 Å². The summed E-state index contributed by atoms with van der Waals surface area (Å²) in [6.07, 6.45) is -0.513. The van der Waals surface area contributed by atoms with Crippen LogP contribution in [0.25, 0.3) is 0 Å². The topological polar surface area (TPSA) is 46.2 Å². The van der Waals surface area contributed by atoms with Crippen molar-refractivity contribution in [1.82, 2.24) is 0 Å². The van der Waals surface area contributed by atoms with E-state index in [2.05, 4.69) is 15.9 Å². The molecule has 1 aromatic carbocycles. The molecule has 0 radical (unpaired) electrons. The standard InChI is InChI=1S/C10H14BrNO/c1-6-5-8(3-4-9(6)11)10(12)7(2)13/h3-5,7,10,13H,12H2,1-2H3/t7-,10-/m0/s1. The highest BCUT2D eigenvalue weighted by Crippen LogP contribution is 2.21. The van der Waals surface area contributed by atoms with Crippen LogP contribution in [0.3, 0.4) is 0 Å². The number of aliphatic hydroxyl groups excluding tert-OH is 1. The van der Waals surface area contributed by atoms with Crippen molar-refractivity contribution in [2.75, 3.05) is 0 Å². The summed E-state index contributed by atoms with van der Waals surface area (Å²) < 4.78 is 1.06. The highest BCUT2D eigenvalue weighted by molar-refractivity contribution is 9.10. The number of hydrogen-bond acceptors (Lipinski definition) is 2. The fourth-order valence-electron chi connectivity index (χ4n) is 1.15. The van der Waals surface area contributed by atoms with E-state index in [0.29, 0.717) is 0 Å². The third-order valence-electron chi connectivity index (χ3n) is 2.09. The Balaban J connectivity index is 2.97. The maximum Gasteiger partial charge on any atom is 0.0704 e. The zero-order valence-corrected chi connectivity index (χ0v) is 9.38. The van der Waals surface area contributed by atoms with E-state index in [4.69, 9.17) is 5.73 Å². The molecule has 0 unspecified atom stereocenters. The van der Waals surface area contributed by atoms with Crippen LogP contribution in [0.15, 0.2) is 22.7 Å². The zero-order chi connectivity index (χ0) is 10.0. The van der Waals surface area contributed by atoms with Gasteiger partial charge in [0, 0.05) is 4.47 Å². The van der Waals surface area contributed by atoms with E-state index in [1.165, 1.54) is 0 Å². The van der Waals surface area contributed by atoms with Gasteiger partial charge in [0.2, 0.25) is 0 Å². The highest BCUT2D eigenvalue weighted by Gasteiger charge is 2.12. The molecule has 13 heavy (non-hydrogen) atoms. The zero-order valence-electron chi connectivity index (χ0n) is 7.79. The summed E-state index contributed by atoms with van der Waals surface area (Å²) in [6.45, 7) is 3.70. The minimum absolute atomic E-state index is 0.299. The fraction of sp³-hybridized carbons (Fsp3) is 0.400. The molecule has 1 aromatic rings. The quantitative estimate of drug-likeness (QED) is 0.837. The molecule has 3 N–H and O–H groups in total. The summed E-state index contributed by atoms with van der Waals surface area (Å²) in [6, 6.07) is 5.56. The number of benzene rings is 1. The molecule has 0 saturated heterocycles. The van der Waals surface area contributed by atoms with Gasteiger partial charge in [0.1, 0.15) is 0 Å². The van der Waals surface area contributed by atoms with Gasteiger partial charge in [-0.25, -0.2) is 0 Å². The van der Waals surface area contributed by atoms with E-state index in [1.54, 1.807) is 6.92 Å². The molecule has 0 aliphatic rings. The van der Waals surface area contributed by atoms with Gasteiger partial charge in [-0.15, -0.1) is 0 Å². The van der Waals surface area contributed by atoms with E-state index in [-0.39, 0.29) is 6.04 Å². The first-order chi connectivity index (χ1) is 6.02. The Morgan fingerprint density at radius 3 is 2.54 bits per heavy atom. The third-order valence-corrected chi connectivity index (χ3v) is 2.98. The van der Waals surface area contributed by atoms with Crippen LogP contribution in [0.5, 0.6) is 0 Å². The van der Waals surface area contributed by atoms with Gasteiger partial charge in [-0.05, 0) is 31.0 Å². The van der Waals surface area contributed by atoms with Crippen molar-refractivity contribution in [3.8, 4) is 0 Å². The van der Waals surface area contributed by atoms with Gasteiger partial charge in [0.05, 0.1) is 12.1 Å². The molecule has 3 heteroatoms. The van der Waals surface area contributed by atoms with Gasteiger partial charge in [0.25, 0.3) is 0 Å². The Morgan fingerprint density at radius 2 is 2.08 bits per heavy atom. The lowest BCUT2D eigenvalue weighted by atomic mass is 10.0. The first-order valence-corrected chi connectivity index (χ1v) is 5.01. The number of hydrogen-bond donors (Lipinski definition) is 2. The van der Waals surface area contributed by atoms with Crippen LogP contribution in [0.4, 0.5) is 0 Å². The first-order valence-electron chi connectivity index (χ1n) is 4.22. The lowest BCUT2D eigenvalue weighted by Gasteiger charge is -2.15. The lowest BCUT2D eigenvalue weighted by molar-refractivity contribution is 0.164. The van der Waals surface area contributed by atoms with E-state index in [0.717, 1.165) is 15.6 Å². The Bertz CT molecular complexity index is 299. The Kier molecular flexibility index (Phi) is 3.47. The predicted octanol–water partition coefficient (Wildman–Crippen LogP) is 2.14. The first kappa shape index (κ1) is 10.7. The number of nitrogens with two attached hydrogens (primary N) is 1. The maximum atomic E-state index is 9.30. The number of aliphatic hydroxyl groups is 1. The van der Waals surface area contributed by atoms with Crippen molar-refractivity contribution in [3.05, 3.63) is 33.8 Å². The van der Waals surface area contributed by atoms with Crippen molar-refractivity contribution in [2.24, 2.45) is 5.73 Å². The Morgan fingerprint density at radius 1 is 1.46 bits per heavy atom. The third kappa shape index (κ3) is 2.53. The second-order valence-electron chi connectivity index (χ2n) is 3.28. The summed E-state index contributed by atoms with van der Waals surface area (Å²) in [7, 11) is 0. The lowest BCUT2D eigenvalue weighted by Crippen LogP contribution is -2.23. The molecule has 0 aliphatic heterocycles. The predicted molar refractivity (Wildman–Crippen MR) is 57.5 cm³/mol. The van der Waals surface area contributed by atoms with E-state index in [9.17, 15) is 5.11 Å². The molecule has 0 heterocycles. The number of rotatable bonds is 2. The van der Waals surface area contributed by atoms with E-state index in [1.807, 2.05) is 25.1 Å². The summed E-state index contributed by atoms with van der Waals surface area (Å²) >= 11 is 3.41. The van der Waals surface area contributed by atoms with Crippen LogP contribution >= 0.6 is 15.9 Å². The molecule has 0 fully saturated rings. The Hall–Kier alpha value is -0.380. The van der Waals surface area contributed by atoms with E-state index < -0.39 is 6.10 Å². The van der Waals surface area contributed by atoms with E-state index >= 15 is 0 Å². The summed E-state index contributed by atoms with van der Waals surface area (Å²) in [5.41, 5.74) is 7.89. The normalized spacial score (nSPS) is 15.5. The average molecular weight is 244 g/mol. The summed E-state index contributed by atoms with van der Waals surface area (Å²) in [5.74, 6) is 0. The van der Waals surface area contributed by atoms with Gasteiger partial charge in [-0.2, -0.15) is 0 Å². The van der Waals surface area contributed by atoms with Gasteiger partial charge in [-0.3, -0.25) is 0 Å². The number of halogens is 1. The molecule has 0 spiro atoms. The largest absolute Gasteiger partial charge is 0.391 e. The Labute approximate surface area is 86.9 Å². The minimum Gasteiger partial charge on any atom is -0.391 e. The highest BCUT2D eigenvalue weighted by atomic mass is 79.9. The van der Waals surface area contributed by atoms with Crippen LogP contribution in [0.1, 0.15) is 24.1 Å². The van der Waals surface area contributed by atoms with Gasteiger partial charge < -0.3 is 10.8 Å². The minimum atomic E-state index is -0.513. The van der Waals surface area contributed by atoms with Crippen LogP contribution in [-0.2, 0) is 0 Å². The smallest absolute Gasteiger partial charge is 0.0704 e.